The number of rotatable bonds is 1. The van der Waals surface area contributed by atoms with Gasteiger partial charge < -0.3 is 0 Å². The average molecular weight is 193 g/mol. The quantitative estimate of drug-likeness (QED) is 0.593. The van der Waals surface area contributed by atoms with Crippen LogP contribution in [0, 0.1) is 0 Å². The Kier molecular flexibility index (Phi) is 2.17. The van der Waals surface area contributed by atoms with Crippen molar-refractivity contribution in [2.75, 3.05) is 0 Å². The number of hydrogen-bond donors (Lipinski definition) is 0. The molecule has 76 valence electrons. The molecule has 1 aliphatic heterocycles. The largest absolute Gasteiger partial charge is 0.269 e. The highest BCUT2D eigenvalue weighted by Crippen LogP contribution is 2.34. The van der Waals surface area contributed by atoms with Crippen molar-refractivity contribution >= 4 is 11.8 Å². The van der Waals surface area contributed by atoms with E-state index in [1.54, 1.807) is 0 Å². The standard InChI is InChI=1S/C11H15NO2/c1-11(7-3-2-4-8-11)12-9(13)5-6-10(12)14/h5-6H,2-4,7-8H2,1H3. The lowest BCUT2D eigenvalue weighted by Crippen LogP contribution is -2.50. The van der Waals surface area contributed by atoms with Gasteiger partial charge in [0.05, 0.1) is 0 Å². The highest BCUT2D eigenvalue weighted by atomic mass is 16.2. The fourth-order valence-corrected chi connectivity index (χ4v) is 2.47. The minimum absolute atomic E-state index is 0.139. The van der Waals surface area contributed by atoms with Gasteiger partial charge in [-0.05, 0) is 19.8 Å². The van der Waals surface area contributed by atoms with Crippen molar-refractivity contribution in [3.05, 3.63) is 12.2 Å². The van der Waals surface area contributed by atoms with Crippen molar-refractivity contribution in [1.29, 1.82) is 0 Å². The van der Waals surface area contributed by atoms with Crippen LogP contribution in [0.4, 0.5) is 0 Å². The molecule has 0 bridgehead atoms. The molecule has 0 atom stereocenters. The minimum Gasteiger partial charge on any atom is -0.269 e. The van der Waals surface area contributed by atoms with Crippen LogP contribution in [-0.4, -0.2) is 22.3 Å². The van der Waals surface area contributed by atoms with Crippen LogP contribution in [0.2, 0.25) is 0 Å². The van der Waals surface area contributed by atoms with Crippen LogP contribution in [0.25, 0.3) is 0 Å². The zero-order valence-electron chi connectivity index (χ0n) is 8.45. The van der Waals surface area contributed by atoms with E-state index in [1.807, 2.05) is 6.92 Å². The number of carbonyl (C=O) groups excluding carboxylic acids is 2. The van der Waals surface area contributed by atoms with Crippen molar-refractivity contribution in [1.82, 2.24) is 4.90 Å². The Morgan fingerprint density at radius 2 is 1.57 bits per heavy atom. The lowest BCUT2D eigenvalue weighted by atomic mass is 9.82. The van der Waals surface area contributed by atoms with Crippen LogP contribution in [0.3, 0.4) is 0 Å². The molecule has 1 aliphatic carbocycles. The van der Waals surface area contributed by atoms with Crippen LogP contribution in [-0.2, 0) is 9.59 Å². The summed E-state index contributed by atoms with van der Waals surface area (Å²) in [5.41, 5.74) is -0.226. The molecule has 1 fully saturated rings. The maximum Gasteiger partial charge on any atom is 0.254 e. The first-order valence-corrected chi connectivity index (χ1v) is 5.20. The van der Waals surface area contributed by atoms with E-state index in [4.69, 9.17) is 0 Å². The van der Waals surface area contributed by atoms with E-state index < -0.39 is 0 Å². The van der Waals surface area contributed by atoms with Crippen LogP contribution in [0.5, 0.6) is 0 Å². The van der Waals surface area contributed by atoms with E-state index in [0.29, 0.717) is 0 Å². The van der Waals surface area contributed by atoms with Gasteiger partial charge in [0.25, 0.3) is 11.8 Å². The summed E-state index contributed by atoms with van der Waals surface area (Å²) in [4.78, 5) is 24.5. The normalized spacial score (nSPS) is 25.9. The van der Waals surface area contributed by atoms with Gasteiger partial charge in [0, 0.05) is 17.7 Å². The van der Waals surface area contributed by atoms with E-state index >= 15 is 0 Å². The Labute approximate surface area is 83.8 Å². The van der Waals surface area contributed by atoms with Crippen molar-refractivity contribution < 1.29 is 9.59 Å². The fraction of sp³-hybridized carbons (Fsp3) is 0.636. The SMILES string of the molecule is CC1(N2C(=O)C=CC2=O)CCCCC1. The first-order chi connectivity index (χ1) is 6.63. The summed E-state index contributed by atoms with van der Waals surface area (Å²) in [7, 11) is 0. The van der Waals surface area contributed by atoms with Gasteiger partial charge in [-0.15, -0.1) is 0 Å². The second-order valence-electron chi connectivity index (χ2n) is 4.40. The summed E-state index contributed by atoms with van der Waals surface area (Å²) >= 11 is 0. The number of carbonyl (C=O) groups is 2. The molecule has 0 unspecified atom stereocenters. The van der Waals surface area contributed by atoms with Crippen molar-refractivity contribution in [2.24, 2.45) is 0 Å². The molecule has 1 heterocycles. The number of nitrogens with zero attached hydrogens (tertiary/aromatic N) is 1. The van der Waals surface area contributed by atoms with Gasteiger partial charge in [0.15, 0.2) is 0 Å². The number of hydrogen-bond acceptors (Lipinski definition) is 2. The number of amides is 2. The van der Waals surface area contributed by atoms with Gasteiger partial charge in [0.1, 0.15) is 0 Å². The third-order valence-electron chi connectivity index (χ3n) is 3.28. The average Bonchev–Trinajstić information content (AvgIpc) is 2.48. The highest BCUT2D eigenvalue weighted by Gasteiger charge is 2.40. The molecule has 0 aromatic heterocycles. The molecule has 0 saturated heterocycles. The Morgan fingerprint density at radius 1 is 1.07 bits per heavy atom. The molecule has 2 aliphatic rings. The first-order valence-electron chi connectivity index (χ1n) is 5.20. The van der Waals surface area contributed by atoms with E-state index in [-0.39, 0.29) is 17.4 Å². The third kappa shape index (κ3) is 1.37. The van der Waals surface area contributed by atoms with Crippen LogP contribution >= 0.6 is 0 Å². The van der Waals surface area contributed by atoms with Crippen LogP contribution in [0.1, 0.15) is 39.0 Å². The molecule has 0 radical (unpaired) electrons. The molecule has 14 heavy (non-hydrogen) atoms. The first kappa shape index (κ1) is 9.44. The van der Waals surface area contributed by atoms with Crippen molar-refractivity contribution in [3.63, 3.8) is 0 Å². The van der Waals surface area contributed by atoms with Gasteiger partial charge in [-0.2, -0.15) is 0 Å². The molecule has 3 nitrogen and oxygen atoms in total. The summed E-state index contributed by atoms with van der Waals surface area (Å²) in [6.07, 6.45) is 8.11. The summed E-state index contributed by atoms with van der Waals surface area (Å²) in [6.45, 7) is 2.02. The molecule has 0 aromatic rings. The second-order valence-corrected chi connectivity index (χ2v) is 4.40. The summed E-state index contributed by atoms with van der Waals surface area (Å²) in [5.74, 6) is -0.279. The number of imide groups is 1. The van der Waals surface area contributed by atoms with Crippen molar-refractivity contribution in [2.45, 2.75) is 44.6 Å². The van der Waals surface area contributed by atoms with Crippen molar-refractivity contribution in [3.8, 4) is 0 Å². The minimum atomic E-state index is -0.226. The maximum atomic E-state index is 11.5. The third-order valence-corrected chi connectivity index (χ3v) is 3.28. The predicted molar refractivity (Wildman–Crippen MR) is 52.5 cm³/mol. The summed E-state index contributed by atoms with van der Waals surface area (Å²) in [5, 5.41) is 0. The predicted octanol–water partition coefficient (Wildman–Crippen LogP) is 1.63. The fourth-order valence-electron chi connectivity index (χ4n) is 2.47. The second kappa shape index (κ2) is 3.23. The molecule has 0 spiro atoms. The molecular weight excluding hydrogens is 178 g/mol. The van der Waals surface area contributed by atoms with E-state index in [1.165, 1.54) is 23.5 Å². The molecule has 2 amide bonds. The Morgan fingerprint density at radius 3 is 2.07 bits per heavy atom. The van der Waals surface area contributed by atoms with Gasteiger partial charge in [0.2, 0.25) is 0 Å². The van der Waals surface area contributed by atoms with Gasteiger partial charge >= 0.3 is 0 Å². The molecular formula is C11H15NO2. The molecule has 0 aromatic carbocycles. The lowest BCUT2D eigenvalue weighted by molar-refractivity contribution is -0.144. The summed E-state index contributed by atoms with van der Waals surface area (Å²) < 4.78 is 0. The topological polar surface area (TPSA) is 37.4 Å². The molecule has 3 heteroatoms. The van der Waals surface area contributed by atoms with Crippen LogP contribution in [0.15, 0.2) is 12.2 Å². The molecule has 2 rings (SSSR count). The van der Waals surface area contributed by atoms with E-state index in [0.717, 1.165) is 25.7 Å². The molecule has 0 N–H and O–H groups in total. The van der Waals surface area contributed by atoms with Gasteiger partial charge in [-0.3, -0.25) is 14.5 Å². The van der Waals surface area contributed by atoms with E-state index in [9.17, 15) is 9.59 Å². The monoisotopic (exact) mass is 193 g/mol. The Balaban J connectivity index is 2.20. The van der Waals surface area contributed by atoms with E-state index in [2.05, 4.69) is 0 Å². The zero-order chi connectivity index (χ0) is 10.2. The van der Waals surface area contributed by atoms with Gasteiger partial charge in [-0.1, -0.05) is 19.3 Å². The summed E-state index contributed by atoms with van der Waals surface area (Å²) in [6, 6.07) is 0. The smallest absolute Gasteiger partial charge is 0.254 e. The lowest BCUT2D eigenvalue weighted by Gasteiger charge is -2.40. The Hall–Kier alpha value is -1.12. The zero-order valence-corrected chi connectivity index (χ0v) is 8.45. The van der Waals surface area contributed by atoms with Crippen LogP contribution < -0.4 is 0 Å². The van der Waals surface area contributed by atoms with Gasteiger partial charge in [-0.25, -0.2) is 0 Å². The Bertz CT molecular complexity index is 282. The molecule has 1 saturated carbocycles. The highest BCUT2D eigenvalue weighted by molar-refractivity contribution is 6.13. The maximum absolute atomic E-state index is 11.5.